The molecule has 20 heavy (non-hydrogen) atoms. The first kappa shape index (κ1) is 14.6. The number of benzene rings is 1. The molecule has 0 aliphatic rings. The summed E-state index contributed by atoms with van der Waals surface area (Å²) < 4.78 is 0. The van der Waals surface area contributed by atoms with E-state index in [-0.39, 0.29) is 5.75 Å². The van der Waals surface area contributed by atoms with E-state index in [0.29, 0.717) is 10.8 Å². The lowest BCUT2D eigenvalue weighted by molar-refractivity contribution is 0.475. The second-order valence-electron chi connectivity index (χ2n) is 4.51. The minimum atomic E-state index is 0.0621. The number of hydrogen-bond acceptors (Lipinski definition) is 4. The van der Waals surface area contributed by atoms with Crippen molar-refractivity contribution in [3.05, 3.63) is 35.0 Å². The van der Waals surface area contributed by atoms with Crippen molar-refractivity contribution in [1.82, 2.24) is 9.97 Å². The lowest BCUT2D eigenvalue weighted by Gasteiger charge is -2.09. The van der Waals surface area contributed by atoms with Crippen LogP contribution in [0.25, 0.3) is 11.4 Å². The summed E-state index contributed by atoms with van der Waals surface area (Å²) in [5, 5.41) is 13.0. The summed E-state index contributed by atoms with van der Waals surface area (Å²) in [4.78, 5) is 9.04. The molecule has 0 aliphatic heterocycles. The highest BCUT2D eigenvalue weighted by Crippen LogP contribution is 2.28. The van der Waals surface area contributed by atoms with Gasteiger partial charge >= 0.3 is 0 Å². The number of nitrogens with one attached hydrogen (secondary N) is 1. The zero-order valence-corrected chi connectivity index (χ0v) is 12.4. The monoisotopic (exact) mass is 291 g/mol. The highest BCUT2D eigenvalue weighted by Gasteiger charge is 2.08. The molecule has 0 radical (unpaired) electrons. The third-order valence-electron chi connectivity index (χ3n) is 2.85. The van der Waals surface area contributed by atoms with Crippen LogP contribution in [0.4, 0.5) is 5.82 Å². The fourth-order valence-electron chi connectivity index (χ4n) is 1.93. The zero-order valence-electron chi connectivity index (χ0n) is 11.7. The Morgan fingerprint density at radius 2 is 2.00 bits per heavy atom. The van der Waals surface area contributed by atoms with Gasteiger partial charge in [-0.2, -0.15) is 0 Å². The van der Waals surface area contributed by atoms with Crippen molar-refractivity contribution in [2.24, 2.45) is 0 Å². The van der Waals surface area contributed by atoms with Gasteiger partial charge in [0.1, 0.15) is 11.6 Å². The molecule has 2 aromatic rings. The Kier molecular flexibility index (Phi) is 4.79. The number of phenols is 1. The van der Waals surface area contributed by atoms with Gasteiger partial charge in [0.25, 0.3) is 0 Å². The van der Waals surface area contributed by atoms with Crippen LogP contribution in [-0.2, 0) is 6.42 Å². The van der Waals surface area contributed by atoms with Crippen LogP contribution in [0.5, 0.6) is 5.75 Å². The van der Waals surface area contributed by atoms with Gasteiger partial charge in [0.2, 0.25) is 0 Å². The third-order valence-corrected chi connectivity index (χ3v) is 3.15. The number of nitrogens with zero attached hydrogens (tertiary/aromatic N) is 2. The van der Waals surface area contributed by atoms with Crippen molar-refractivity contribution in [2.45, 2.75) is 26.7 Å². The maximum absolute atomic E-state index is 9.48. The van der Waals surface area contributed by atoms with E-state index in [0.717, 1.165) is 36.5 Å². The van der Waals surface area contributed by atoms with E-state index < -0.39 is 0 Å². The first-order valence-electron chi connectivity index (χ1n) is 6.74. The van der Waals surface area contributed by atoms with Crippen LogP contribution in [0.2, 0.25) is 5.02 Å². The summed E-state index contributed by atoms with van der Waals surface area (Å²) in [5.41, 5.74) is 1.79. The maximum Gasteiger partial charge on any atom is 0.161 e. The quantitative estimate of drug-likeness (QED) is 0.877. The van der Waals surface area contributed by atoms with E-state index in [1.165, 1.54) is 0 Å². The highest BCUT2D eigenvalue weighted by molar-refractivity contribution is 6.32. The standard InChI is InChI=1S/C15H18ClN3O/c1-3-5-11-9-14(17-4-2)19-15(18-11)10-6-7-13(20)12(16)8-10/h6-9,20H,3-5H2,1-2H3,(H,17,18,19). The van der Waals surface area contributed by atoms with Gasteiger partial charge in [-0.15, -0.1) is 0 Å². The predicted molar refractivity (Wildman–Crippen MR) is 82.3 cm³/mol. The van der Waals surface area contributed by atoms with Crippen LogP contribution in [0, 0.1) is 0 Å². The second-order valence-corrected chi connectivity index (χ2v) is 4.92. The molecular weight excluding hydrogens is 274 g/mol. The summed E-state index contributed by atoms with van der Waals surface area (Å²) in [6, 6.07) is 6.97. The third kappa shape index (κ3) is 3.39. The first-order valence-corrected chi connectivity index (χ1v) is 7.12. The summed E-state index contributed by atoms with van der Waals surface area (Å²) in [6.07, 6.45) is 1.93. The zero-order chi connectivity index (χ0) is 14.5. The van der Waals surface area contributed by atoms with Gasteiger partial charge in [0.05, 0.1) is 5.02 Å². The largest absolute Gasteiger partial charge is 0.506 e. The molecule has 0 amide bonds. The SMILES string of the molecule is CCCc1cc(NCC)nc(-c2ccc(O)c(Cl)c2)n1. The van der Waals surface area contributed by atoms with Gasteiger partial charge < -0.3 is 10.4 Å². The average molecular weight is 292 g/mol. The molecule has 1 heterocycles. The molecule has 0 saturated heterocycles. The Hall–Kier alpha value is -1.81. The van der Waals surface area contributed by atoms with Gasteiger partial charge in [0, 0.05) is 23.9 Å². The van der Waals surface area contributed by atoms with Gasteiger partial charge in [-0.1, -0.05) is 24.9 Å². The normalized spacial score (nSPS) is 10.6. The Bertz CT molecular complexity index is 577. The summed E-state index contributed by atoms with van der Waals surface area (Å²) >= 11 is 5.94. The van der Waals surface area contributed by atoms with Crippen LogP contribution < -0.4 is 5.32 Å². The Balaban J connectivity index is 2.45. The van der Waals surface area contributed by atoms with Crippen molar-refractivity contribution in [1.29, 1.82) is 0 Å². The van der Waals surface area contributed by atoms with E-state index in [4.69, 9.17) is 11.6 Å². The topological polar surface area (TPSA) is 58.0 Å². The molecule has 5 heteroatoms. The molecule has 0 aliphatic carbocycles. The molecule has 0 saturated carbocycles. The minimum Gasteiger partial charge on any atom is -0.506 e. The van der Waals surface area contributed by atoms with Crippen LogP contribution >= 0.6 is 11.6 Å². The molecular formula is C15H18ClN3O. The molecule has 0 spiro atoms. The van der Waals surface area contributed by atoms with Crippen molar-refractivity contribution in [3.63, 3.8) is 0 Å². The van der Waals surface area contributed by atoms with Gasteiger partial charge in [-0.05, 0) is 31.5 Å². The van der Waals surface area contributed by atoms with Crippen molar-refractivity contribution >= 4 is 17.4 Å². The lowest BCUT2D eigenvalue weighted by atomic mass is 10.2. The Morgan fingerprint density at radius 3 is 2.65 bits per heavy atom. The van der Waals surface area contributed by atoms with E-state index in [2.05, 4.69) is 22.2 Å². The summed E-state index contributed by atoms with van der Waals surface area (Å²) in [7, 11) is 0. The number of hydrogen-bond donors (Lipinski definition) is 2. The predicted octanol–water partition coefficient (Wildman–Crippen LogP) is 3.89. The number of phenolic OH excluding ortho intramolecular Hbond substituents is 1. The van der Waals surface area contributed by atoms with E-state index in [1.807, 2.05) is 13.0 Å². The van der Waals surface area contributed by atoms with Crippen LogP contribution in [-0.4, -0.2) is 21.6 Å². The van der Waals surface area contributed by atoms with E-state index >= 15 is 0 Å². The lowest BCUT2D eigenvalue weighted by Crippen LogP contribution is -2.04. The minimum absolute atomic E-state index is 0.0621. The highest BCUT2D eigenvalue weighted by atomic mass is 35.5. The Morgan fingerprint density at radius 1 is 1.20 bits per heavy atom. The number of anilines is 1. The summed E-state index contributed by atoms with van der Waals surface area (Å²) in [5.74, 6) is 1.49. The molecule has 2 rings (SSSR count). The molecule has 1 aromatic heterocycles. The number of aromatic nitrogens is 2. The molecule has 2 N–H and O–H groups in total. The first-order chi connectivity index (χ1) is 9.63. The van der Waals surface area contributed by atoms with Crippen LogP contribution in [0.15, 0.2) is 24.3 Å². The molecule has 0 bridgehead atoms. The van der Waals surface area contributed by atoms with Crippen molar-refractivity contribution in [3.8, 4) is 17.1 Å². The average Bonchev–Trinajstić information content (AvgIpc) is 2.42. The smallest absolute Gasteiger partial charge is 0.161 e. The molecule has 4 nitrogen and oxygen atoms in total. The number of aryl methyl sites for hydroxylation is 1. The van der Waals surface area contributed by atoms with Crippen molar-refractivity contribution in [2.75, 3.05) is 11.9 Å². The van der Waals surface area contributed by atoms with E-state index in [1.54, 1.807) is 18.2 Å². The number of aromatic hydroxyl groups is 1. The van der Waals surface area contributed by atoms with Crippen molar-refractivity contribution < 1.29 is 5.11 Å². The van der Waals surface area contributed by atoms with Gasteiger partial charge in [-0.25, -0.2) is 9.97 Å². The second kappa shape index (κ2) is 6.57. The fraction of sp³-hybridized carbons (Fsp3) is 0.333. The molecule has 106 valence electrons. The Labute approximate surface area is 123 Å². The fourth-order valence-corrected chi connectivity index (χ4v) is 2.11. The molecule has 1 aromatic carbocycles. The van der Waals surface area contributed by atoms with Gasteiger partial charge in [0.15, 0.2) is 5.82 Å². The van der Waals surface area contributed by atoms with Crippen LogP contribution in [0.3, 0.4) is 0 Å². The maximum atomic E-state index is 9.48. The number of rotatable bonds is 5. The van der Waals surface area contributed by atoms with Gasteiger partial charge in [-0.3, -0.25) is 0 Å². The molecule has 0 atom stereocenters. The molecule has 0 unspecified atom stereocenters. The summed E-state index contributed by atoms with van der Waals surface area (Å²) in [6.45, 7) is 4.95. The number of halogens is 1. The van der Waals surface area contributed by atoms with Crippen LogP contribution in [0.1, 0.15) is 26.0 Å². The van der Waals surface area contributed by atoms with E-state index in [9.17, 15) is 5.11 Å². The molecule has 0 fully saturated rings.